The number of carboxylic acids is 1. The molecule has 14 heavy (non-hydrogen) atoms. The van der Waals surface area contributed by atoms with Gasteiger partial charge in [0.2, 0.25) is 11.8 Å². The molecule has 7 heteroatoms. The van der Waals surface area contributed by atoms with E-state index in [9.17, 15) is 14.4 Å². The Morgan fingerprint density at radius 1 is 1.43 bits per heavy atom. The Morgan fingerprint density at radius 2 is 1.93 bits per heavy atom. The number of carbonyl (C=O) groups excluding carboxylic acids is 2. The van der Waals surface area contributed by atoms with E-state index in [0.29, 0.717) is 0 Å². The van der Waals surface area contributed by atoms with Gasteiger partial charge in [0.15, 0.2) is 0 Å². The van der Waals surface area contributed by atoms with Gasteiger partial charge in [-0.1, -0.05) is 0 Å². The van der Waals surface area contributed by atoms with Gasteiger partial charge in [-0.05, 0) is 6.42 Å². The molecule has 6 nitrogen and oxygen atoms in total. The summed E-state index contributed by atoms with van der Waals surface area (Å²) in [6, 6.07) is -1.04. The topological polar surface area (TPSA) is 109 Å². The average molecular weight is 215 g/mol. The smallest absolute Gasteiger partial charge is 0.480 e. The molecule has 0 heterocycles. The number of amides is 2. The van der Waals surface area contributed by atoms with Crippen LogP contribution in [0.3, 0.4) is 0 Å². The van der Waals surface area contributed by atoms with E-state index in [2.05, 4.69) is 5.32 Å². The van der Waals surface area contributed by atoms with Crippen molar-refractivity contribution in [2.75, 3.05) is 0 Å². The predicted molar refractivity (Wildman–Crippen MR) is 49.4 cm³/mol. The Labute approximate surface area is 92.0 Å². The van der Waals surface area contributed by atoms with E-state index in [0.717, 1.165) is 0 Å². The van der Waals surface area contributed by atoms with Crippen molar-refractivity contribution in [1.82, 2.24) is 5.32 Å². The van der Waals surface area contributed by atoms with E-state index in [4.69, 9.17) is 10.8 Å². The predicted octanol–water partition coefficient (Wildman–Crippen LogP) is -1.54. The van der Waals surface area contributed by atoms with Crippen LogP contribution in [0.4, 0.5) is 0 Å². The molecule has 0 saturated heterocycles. The summed E-state index contributed by atoms with van der Waals surface area (Å²) in [4.78, 5) is 31.3. The summed E-state index contributed by atoms with van der Waals surface area (Å²) in [7, 11) is 0. The van der Waals surface area contributed by atoms with Gasteiger partial charge >= 0.3 is 23.3 Å². The Hall–Kier alpha value is -1.06. The molecule has 0 aromatic rings. The molecule has 0 radical (unpaired) electrons. The van der Waals surface area contributed by atoms with Crippen molar-refractivity contribution in [3.05, 3.63) is 0 Å². The maximum absolute atomic E-state index is 10.5. The number of primary amides is 1. The first-order valence-electron chi connectivity index (χ1n) is 3.71. The molecule has 2 amide bonds. The molecule has 0 fully saturated rings. The number of nitrogens with two attached hydrogens (primary N) is 1. The molecule has 0 aliphatic heterocycles. The van der Waals surface area contributed by atoms with Gasteiger partial charge in [-0.25, -0.2) is 4.79 Å². The normalized spacial score (nSPS) is 10.9. The molecular weight excluding hydrogens is 203 g/mol. The summed E-state index contributed by atoms with van der Waals surface area (Å²) in [6.45, 7) is 1.21. The van der Waals surface area contributed by atoms with Gasteiger partial charge in [0.25, 0.3) is 0 Å². The van der Waals surface area contributed by atoms with Crippen LogP contribution in [0.2, 0.25) is 0 Å². The minimum absolute atomic E-state index is 0. The standard InChI is InChI=1S/C7H12N2O4.Al/c1-4(10)9-5(7(12)13)2-3-6(8)11;/h5H,2-3H2,1H3,(H2,8,11)(H,9,10)(H,12,13);/q;+3/t5-;/m1./s1. The van der Waals surface area contributed by atoms with Crippen molar-refractivity contribution < 1.29 is 19.5 Å². The van der Waals surface area contributed by atoms with Crippen LogP contribution in [0.1, 0.15) is 19.8 Å². The SMILES string of the molecule is CC(=O)N[C@H](CCC(N)=O)C(=O)O.[Al+3]. The number of aliphatic carboxylic acids is 1. The second kappa shape index (κ2) is 7.36. The fourth-order valence-corrected chi connectivity index (χ4v) is 0.789. The van der Waals surface area contributed by atoms with Gasteiger partial charge in [-0.2, -0.15) is 0 Å². The van der Waals surface area contributed by atoms with Gasteiger partial charge in [0.1, 0.15) is 6.04 Å². The van der Waals surface area contributed by atoms with Crippen molar-refractivity contribution in [3.63, 3.8) is 0 Å². The molecule has 0 aromatic heterocycles. The van der Waals surface area contributed by atoms with E-state index in [-0.39, 0.29) is 30.2 Å². The van der Waals surface area contributed by atoms with Gasteiger partial charge in [0, 0.05) is 13.3 Å². The summed E-state index contributed by atoms with van der Waals surface area (Å²) in [6.07, 6.45) is -0.0402. The third-order valence-corrected chi connectivity index (χ3v) is 1.36. The van der Waals surface area contributed by atoms with Crippen LogP contribution in [-0.4, -0.2) is 46.3 Å². The van der Waals surface area contributed by atoms with Crippen LogP contribution in [0.5, 0.6) is 0 Å². The van der Waals surface area contributed by atoms with Crippen molar-refractivity contribution in [2.24, 2.45) is 5.73 Å². The number of carboxylic acid groups (broad SMARTS) is 1. The summed E-state index contributed by atoms with van der Waals surface area (Å²) < 4.78 is 0. The van der Waals surface area contributed by atoms with Crippen molar-refractivity contribution in [1.29, 1.82) is 0 Å². The third kappa shape index (κ3) is 7.58. The molecule has 0 rings (SSSR count). The minimum atomic E-state index is -1.17. The zero-order valence-electron chi connectivity index (χ0n) is 7.82. The van der Waals surface area contributed by atoms with Crippen LogP contribution in [-0.2, 0) is 14.4 Å². The Morgan fingerprint density at radius 3 is 2.21 bits per heavy atom. The molecule has 0 spiro atoms. The van der Waals surface area contributed by atoms with Crippen molar-refractivity contribution >= 4 is 35.1 Å². The summed E-state index contributed by atoms with van der Waals surface area (Å²) in [5.41, 5.74) is 4.83. The van der Waals surface area contributed by atoms with Gasteiger partial charge < -0.3 is 16.2 Å². The van der Waals surface area contributed by atoms with Crippen molar-refractivity contribution in [3.8, 4) is 0 Å². The summed E-state index contributed by atoms with van der Waals surface area (Å²) in [5, 5.41) is 10.8. The van der Waals surface area contributed by atoms with Crippen LogP contribution >= 0.6 is 0 Å². The molecule has 74 valence electrons. The van der Waals surface area contributed by atoms with E-state index < -0.39 is 23.8 Å². The number of hydrogen-bond acceptors (Lipinski definition) is 3. The van der Waals surface area contributed by atoms with Gasteiger partial charge in [-0.15, -0.1) is 0 Å². The van der Waals surface area contributed by atoms with E-state index in [1.54, 1.807) is 0 Å². The summed E-state index contributed by atoms with van der Waals surface area (Å²) in [5.74, 6) is -2.20. The monoisotopic (exact) mass is 215 g/mol. The zero-order valence-corrected chi connectivity index (χ0v) is 8.97. The zero-order chi connectivity index (χ0) is 10.4. The second-order valence-corrected chi connectivity index (χ2v) is 2.60. The van der Waals surface area contributed by atoms with Gasteiger partial charge in [-0.3, -0.25) is 9.59 Å². The molecule has 0 bridgehead atoms. The van der Waals surface area contributed by atoms with Crippen molar-refractivity contribution in [2.45, 2.75) is 25.8 Å². The van der Waals surface area contributed by atoms with E-state index >= 15 is 0 Å². The Bertz CT molecular complexity index is 232. The third-order valence-electron chi connectivity index (χ3n) is 1.36. The Kier molecular flexibility index (Phi) is 8.10. The number of hydrogen-bond donors (Lipinski definition) is 3. The molecular formula is C7H12AlN2O4+3. The van der Waals surface area contributed by atoms with Crippen LogP contribution in [0.15, 0.2) is 0 Å². The molecule has 0 unspecified atom stereocenters. The Balaban J connectivity index is 0. The first-order valence-corrected chi connectivity index (χ1v) is 3.71. The van der Waals surface area contributed by atoms with Crippen LogP contribution in [0.25, 0.3) is 0 Å². The minimum Gasteiger partial charge on any atom is -0.480 e. The fourth-order valence-electron chi connectivity index (χ4n) is 0.789. The maximum atomic E-state index is 10.5. The summed E-state index contributed by atoms with van der Waals surface area (Å²) >= 11 is 0. The van der Waals surface area contributed by atoms with E-state index in [1.165, 1.54) is 6.92 Å². The fraction of sp³-hybridized carbons (Fsp3) is 0.571. The number of nitrogens with one attached hydrogen (secondary N) is 1. The van der Waals surface area contributed by atoms with Gasteiger partial charge in [0.05, 0.1) is 0 Å². The number of carbonyl (C=O) groups is 3. The molecule has 1 atom stereocenters. The second-order valence-electron chi connectivity index (χ2n) is 2.60. The largest absolute Gasteiger partial charge is 3.00 e. The quantitative estimate of drug-likeness (QED) is 0.483. The van der Waals surface area contributed by atoms with Crippen LogP contribution in [0, 0.1) is 0 Å². The first kappa shape index (κ1) is 15.4. The maximum Gasteiger partial charge on any atom is 3.00 e. The molecule has 0 aromatic carbocycles. The molecule has 4 N–H and O–H groups in total. The first-order chi connectivity index (χ1) is 5.93. The average Bonchev–Trinajstić information content (AvgIpc) is 1.96. The van der Waals surface area contributed by atoms with Crippen LogP contribution < -0.4 is 11.1 Å². The number of rotatable bonds is 5. The van der Waals surface area contributed by atoms with E-state index in [1.807, 2.05) is 0 Å². The molecule has 0 aliphatic rings. The molecule has 0 aliphatic carbocycles. The molecule has 0 saturated carbocycles.